The second-order valence-corrected chi connectivity index (χ2v) is 5.39. The van der Waals surface area contributed by atoms with E-state index in [1.54, 1.807) is 11.3 Å². The quantitative estimate of drug-likeness (QED) is 0.687. The summed E-state index contributed by atoms with van der Waals surface area (Å²) in [5, 5.41) is 6.49. The van der Waals surface area contributed by atoms with Gasteiger partial charge in [-0.1, -0.05) is 6.07 Å². The second kappa shape index (κ2) is 3.68. The van der Waals surface area contributed by atoms with E-state index in [1.807, 2.05) is 41.2 Å². The van der Waals surface area contributed by atoms with Crippen LogP contribution in [0.4, 0.5) is 0 Å². The summed E-state index contributed by atoms with van der Waals surface area (Å²) < 4.78 is 2.83. The van der Waals surface area contributed by atoms with Crippen molar-refractivity contribution >= 4 is 32.9 Å². The van der Waals surface area contributed by atoms with Crippen LogP contribution in [0.1, 0.15) is 5.56 Å². The molecule has 3 aromatic heterocycles. The van der Waals surface area contributed by atoms with Crippen LogP contribution in [-0.2, 0) is 0 Å². The minimum atomic E-state index is 0.788. The first-order chi connectivity index (χ1) is 7.74. The maximum atomic E-state index is 4.54. The highest BCUT2D eigenvalue weighted by molar-refractivity contribution is 9.10. The topological polar surface area (TPSA) is 30.2 Å². The Kier molecular flexibility index (Phi) is 2.29. The largest absolute Gasteiger partial charge is 0.219 e. The van der Waals surface area contributed by atoms with Crippen LogP contribution < -0.4 is 0 Å². The van der Waals surface area contributed by atoms with Crippen LogP contribution in [0, 0.1) is 6.92 Å². The zero-order valence-corrected chi connectivity index (χ0v) is 10.9. The Balaban J connectivity index is 2.27. The summed E-state index contributed by atoms with van der Waals surface area (Å²) in [6.45, 7) is 2.03. The van der Waals surface area contributed by atoms with Gasteiger partial charge >= 0.3 is 0 Å². The average Bonchev–Trinajstić information content (AvgIpc) is 2.82. The number of pyridine rings is 1. The number of nitrogens with zero attached hydrogens (tertiary/aromatic N) is 3. The van der Waals surface area contributed by atoms with E-state index in [1.165, 1.54) is 0 Å². The van der Waals surface area contributed by atoms with Gasteiger partial charge in [-0.25, -0.2) is 9.50 Å². The van der Waals surface area contributed by atoms with Crippen molar-refractivity contribution in [3.63, 3.8) is 0 Å². The summed E-state index contributed by atoms with van der Waals surface area (Å²) in [6.07, 6.45) is 1.92. The lowest BCUT2D eigenvalue weighted by atomic mass is 10.3. The second-order valence-electron chi connectivity index (χ2n) is 3.52. The molecule has 0 spiro atoms. The van der Waals surface area contributed by atoms with Crippen molar-refractivity contribution in [1.82, 2.24) is 14.6 Å². The number of aryl methyl sites for hydroxylation is 1. The SMILES string of the molecule is Cc1cc(Br)cn2nc(-c3cccs3)nc12. The zero-order chi connectivity index (χ0) is 11.1. The number of thiophene rings is 1. The Morgan fingerprint density at radius 2 is 2.31 bits per heavy atom. The normalized spacial score (nSPS) is 11.1. The van der Waals surface area contributed by atoms with Gasteiger partial charge in [-0.15, -0.1) is 16.4 Å². The summed E-state index contributed by atoms with van der Waals surface area (Å²) in [4.78, 5) is 5.63. The molecule has 3 nitrogen and oxygen atoms in total. The molecular weight excluding hydrogens is 286 g/mol. The monoisotopic (exact) mass is 293 g/mol. The van der Waals surface area contributed by atoms with E-state index in [-0.39, 0.29) is 0 Å². The van der Waals surface area contributed by atoms with Gasteiger partial charge in [-0.2, -0.15) is 0 Å². The van der Waals surface area contributed by atoms with E-state index < -0.39 is 0 Å². The zero-order valence-electron chi connectivity index (χ0n) is 8.51. The molecule has 0 aromatic carbocycles. The molecule has 3 aromatic rings. The molecule has 0 radical (unpaired) electrons. The summed E-state index contributed by atoms with van der Waals surface area (Å²) in [5.41, 5.74) is 2.02. The molecule has 0 atom stereocenters. The Morgan fingerprint density at radius 1 is 1.44 bits per heavy atom. The van der Waals surface area contributed by atoms with Crippen LogP contribution in [-0.4, -0.2) is 14.6 Å². The predicted octanol–water partition coefficient (Wildman–Crippen LogP) is 3.53. The first-order valence-corrected chi connectivity index (χ1v) is 6.48. The summed E-state index contributed by atoms with van der Waals surface area (Å²) in [6, 6.07) is 6.08. The first kappa shape index (κ1) is 9.99. The van der Waals surface area contributed by atoms with Gasteiger partial charge < -0.3 is 0 Å². The summed E-state index contributed by atoms with van der Waals surface area (Å²) in [7, 11) is 0. The van der Waals surface area contributed by atoms with E-state index in [2.05, 4.69) is 26.0 Å². The summed E-state index contributed by atoms with van der Waals surface area (Å²) >= 11 is 5.11. The van der Waals surface area contributed by atoms with E-state index in [0.717, 1.165) is 26.4 Å². The Labute approximate surface area is 105 Å². The number of halogens is 1. The highest BCUT2D eigenvalue weighted by atomic mass is 79.9. The molecule has 0 saturated heterocycles. The smallest absolute Gasteiger partial charge is 0.192 e. The molecule has 3 heterocycles. The molecule has 0 saturated carbocycles. The van der Waals surface area contributed by atoms with Gasteiger partial charge in [0, 0.05) is 10.7 Å². The van der Waals surface area contributed by atoms with Crippen molar-refractivity contribution in [3.8, 4) is 10.7 Å². The lowest BCUT2D eigenvalue weighted by Gasteiger charge is -1.96. The van der Waals surface area contributed by atoms with E-state index >= 15 is 0 Å². The van der Waals surface area contributed by atoms with Crippen LogP contribution in [0.2, 0.25) is 0 Å². The first-order valence-electron chi connectivity index (χ1n) is 4.80. The van der Waals surface area contributed by atoms with Crippen LogP contribution in [0.5, 0.6) is 0 Å². The molecule has 0 aliphatic carbocycles. The molecule has 0 aliphatic rings. The fourth-order valence-electron chi connectivity index (χ4n) is 1.62. The molecule has 0 N–H and O–H groups in total. The van der Waals surface area contributed by atoms with Gasteiger partial charge in [0.25, 0.3) is 0 Å². The maximum absolute atomic E-state index is 4.54. The fraction of sp³-hybridized carbons (Fsp3) is 0.0909. The van der Waals surface area contributed by atoms with E-state index in [0.29, 0.717) is 0 Å². The Bertz CT molecular complexity index is 643. The molecule has 0 amide bonds. The van der Waals surface area contributed by atoms with Gasteiger partial charge in [-0.3, -0.25) is 0 Å². The number of fused-ring (bicyclic) bond motifs is 1. The molecule has 0 unspecified atom stereocenters. The van der Waals surface area contributed by atoms with Crippen molar-refractivity contribution in [3.05, 3.63) is 39.8 Å². The number of rotatable bonds is 1. The van der Waals surface area contributed by atoms with Crippen LogP contribution >= 0.6 is 27.3 Å². The highest BCUT2D eigenvalue weighted by Crippen LogP contribution is 2.23. The molecule has 5 heteroatoms. The molecule has 0 aliphatic heterocycles. The molecule has 3 rings (SSSR count). The van der Waals surface area contributed by atoms with Crippen molar-refractivity contribution in [2.24, 2.45) is 0 Å². The average molecular weight is 294 g/mol. The number of hydrogen-bond donors (Lipinski definition) is 0. The highest BCUT2D eigenvalue weighted by Gasteiger charge is 2.09. The fourth-order valence-corrected chi connectivity index (χ4v) is 2.81. The summed E-state index contributed by atoms with van der Waals surface area (Å²) in [5.74, 6) is 0.788. The van der Waals surface area contributed by atoms with Gasteiger partial charge in [0.1, 0.15) is 0 Å². The Morgan fingerprint density at radius 3 is 3.06 bits per heavy atom. The van der Waals surface area contributed by atoms with Crippen molar-refractivity contribution in [1.29, 1.82) is 0 Å². The van der Waals surface area contributed by atoms with Crippen LogP contribution in [0.25, 0.3) is 16.3 Å². The lowest BCUT2D eigenvalue weighted by Crippen LogP contribution is -1.89. The van der Waals surface area contributed by atoms with Gasteiger partial charge in [0.05, 0.1) is 4.88 Å². The van der Waals surface area contributed by atoms with Crippen LogP contribution in [0.15, 0.2) is 34.2 Å². The number of hydrogen-bond acceptors (Lipinski definition) is 3. The van der Waals surface area contributed by atoms with Gasteiger partial charge in [0.15, 0.2) is 11.5 Å². The minimum Gasteiger partial charge on any atom is -0.219 e. The predicted molar refractivity (Wildman–Crippen MR) is 68.7 cm³/mol. The third-order valence-electron chi connectivity index (χ3n) is 2.33. The third kappa shape index (κ3) is 1.56. The molecular formula is C11H8BrN3S. The standard InChI is InChI=1S/C11H8BrN3S/c1-7-5-8(12)6-15-11(7)13-10(14-15)9-3-2-4-16-9/h2-6H,1H3. The molecule has 80 valence electrons. The van der Waals surface area contributed by atoms with E-state index in [9.17, 15) is 0 Å². The maximum Gasteiger partial charge on any atom is 0.192 e. The van der Waals surface area contributed by atoms with Gasteiger partial charge in [-0.05, 0) is 45.9 Å². The van der Waals surface area contributed by atoms with Crippen molar-refractivity contribution in [2.45, 2.75) is 6.92 Å². The van der Waals surface area contributed by atoms with Crippen molar-refractivity contribution < 1.29 is 0 Å². The van der Waals surface area contributed by atoms with Crippen molar-refractivity contribution in [2.75, 3.05) is 0 Å². The molecule has 16 heavy (non-hydrogen) atoms. The lowest BCUT2D eigenvalue weighted by molar-refractivity contribution is 0.956. The third-order valence-corrected chi connectivity index (χ3v) is 3.63. The number of aromatic nitrogens is 3. The van der Waals surface area contributed by atoms with Gasteiger partial charge in [0.2, 0.25) is 0 Å². The minimum absolute atomic E-state index is 0.788. The Hall–Kier alpha value is -1.20. The van der Waals surface area contributed by atoms with Crippen LogP contribution in [0.3, 0.4) is 0 Å². The molecule has 0 fully saturated rings. The van der Waals surface area contributed by atoms with E-state index in [4.69, 9.17) is 0 Å². The molecule has 0 bridgehead atoms.